The number of rotatable bonds is 5. The van der Waals surface area contributed by atoms with E-state index in [1.54, 1.807) is 13.2 Å². The summed E-state index contributed by atoms with van der Waals surface area (Å²) in [5.74, 6) is -1.22. The van der Waals surface area contributed by atoms with Crippen molar-refractivity contribution in [2.24, 2.45) is 11.7 Å². The Balaban J connectivity index is 3.93. The van der Waals surface area contributed by atoms with E-state index < -0.39 is 12.0 Å². The molecule has 11 heavy (non-hydrogen) atoms. The summed E-state index contributed by atoms with van der Waals surface area (Å²) >= 11 is 0. The molecular weight excluding hydrogens is 146 g/mol. The number of carboxylic acid groups (broad SMARTS) is 1. The second-order valence-corrected chi connectivity index (χ2v) is 2.41. The summed E-state index contributed by atoms with van der Waals surface area (Å²) in [5, 5.41) is 8.37. The van der Waals surface area contributed by atoms with Crippen LogP contribution in [0.15, 0.2) is 0 Å². The fourth-order valence-electron chi connectivity index (χ4n) is 0.846. The number of hydrogen-bond acceptors (Lipinski definition) is 3. The van der Waals surface area contributed by atoms with E-state index >= 15 is 0 Å². The largest absolute Gasteiger partial charge is 0.481 e. The fourth-order valence-corrected chi connectivity index (χ4v) is 0.846. The summed E-state index contributed by atoms with van der Waals surface area (Å²) < 4.78 is 0. The van der Waals surface area contributed by atoms with Crippen molar-refractivity contribution < 1.29 is 14.7 Å². The normalized spacial score (nSPS) is 15.5. The third-order valence-corrected chi connectivity index (χ3v) is 1.61. The minimum Gasteiger partial charge on any atom is -0.481 e. The van der Waals surface area contributed by atoms with Gasteiger partial charge >= 0.3 is 5.97 Å². The van der Waals surface area contributed by atoms with Gasteiger partial charge in [-0.3, -0.25) is 9.59 Å². The van der Waals surface area contributed by atoms with Crippen LogP contribution in [0.5, 0.6) is 0 Å². The summed E-state index contributed by atoms with van der Waals surface area (Å²) in [4.78, 5) is 20.2. The van der Waals surface area contributed by atoms with E-state index in [9.17, 15) is 9.59 Å². The number of carbonyl (C=O) groups is 1. The van der Waals surface area contributed by atoms with Gasteiger partial charge in [0.25, 0.3) is 0 Å². The van der Waals surface area contributed by atoms with Gasteiger partial charge in [-0.2, -0.15) is 0 Å². The molecular formula is C7H12NO3. The van der Waals surface area contributed by atoms with E-state index in [0.717, 1.165) is 0 Å². The van der Waals surface area contributed by atoms with Gasteiger partial charge in [0.05, 0.1) is 12.5 Å². The lowest BCUT2D eigenvalue weighted by molar-refractivity contribution is -0.138. The van der Waals surface area contributed by atoms with Crippen molar-refractivity contribution >= 4 is 12.3 Å². The number of aliphatic carboxylic acids is 1. The molecule has 4 heteroatoms. The number of carbonyl (C=O) groups excluding carboxylic acids is 1. The highest BCUT2D eigenvalue weighted by molar-refractivity contribution is 5.68. The quantitative estimate of drug-likeness (QED) is 0.586. The molecule has 0 aliphatic heterocycles. The van der Waals surface area contributed by atoms with Gasteiger partial charge < -0.3 is 10.8 Å². The van der Waals surface area contributed by atoms with Gasteiger partial charge in [-0.1, -0.05) is 13.3 Å². The molecule has 0 rings (SSSR count). The Morgan fingerprint density at radius 2 is 2.27 bits per heavy atom. The van der Waals surface area contributed by atoms with Crippen molar-refractivity contribution in [1.82, 2.24) is 0 Å². The molecule has 0 aromatic carbocycles. The molecule has 0 aromatic heterocycles. The highest BCUT2D eigenvalue weighted by atomic mass is 16.4. The zero-order valence-electron chi connectivity index (χ0n) is 6.41. The van der Waals surface area contributed by atoms with Crippen LogP contribution in [0.2, 0.25) is 0 Å². The van der Waals surface area contributed by atoms with E-state index in [2.05, 4.69) is 0 Å². The number of carboxylic acids is 1. The zero-order chi connectivity index (χ0) is 8.85. The van der Waals surface area contributed by atoms with E-state index in [-0.39, 0.29) is 12.3 Å². The first kappa shape index (κ1) is 10.1. The first-order valence-corrected chi connectivity index (χ1v) is 3.46. The smallest absolute Gasteiger partial charge is 0.303 e. The van der Waals surface area contributed by atoms with Crippen molar-refractivity contribution in [3.8, 4) is 0 Å². The van der Waals surface area contributed by atoms with Crippen LogP contribution in [0, 0.1) is 5.92 Å². The van der Waals surface area contributed by atoms with Gasteiger partial charge in [0.15, 0.2) is 0 Å². The Morgan fingerprint density at radius 1 is 1.73 bits per heavy atom. The summed E-state index contributed by atoms with van der Waals surface area (Å²) in [6, 6.07) is -0.768. The molecule has 0 aliphatic rings. The van der Waals surface area contributed by atoms with E-state index in [1.165, 1.54) is 0 Å². The summed E-state index contributed by atoms with van der Waals surface area (Å²) in [6.07, 6.45) is 2.11. The summed E-state index contributed by atoms with van der Waals surface area (Å²) in [7, 11) is 0. The molecule has 0 aromatic rings. The number of hydrogen-bond donors (Lipinski definition) is 2. The molecule has 0 aliphatic carbocycles. The summed E-state index contributed by atoms with van der Waals surface area (Å²) in [6.45, 7) is 1.80. The minimum absolute atomic E-state index is 0.0626. The molecule has 1 radical (unpaired) electrons. The van der Waals surface area contributed by atoms with E-state index in [4.69, 9.17) is 10.8 Å². The van der Waals surface area contributed by atoms with E-state index in [0.29, 0.717) is 6.42 Å². The molecule has 63 valence electrons. The van der Waals surface area contributed by atoms with Gasteiger partial charge in [0, 0.05) is 0 Å². The van der Waals surface area contributed by atoms with Crippen molar-refractivity contribution in [2.45, 2.75) is 25.8 Å². The fraction of sp³-hybridized carbons (Fsp3) is 0.714. The van der Waals surface area contributed by atoms with Crippen molar-refractivity contribution in [2.75, 3.05) is 0 Å². The average molecular weight is 158 g/mol. The third kappa shape index (κ3) is 3.72. The van der Waals surface area contributed by atoms with E-state index in [1.807, 2.05) is 0 Å². The maximum atomic E-state index is 10.2. The van der Waals surface area contributed by atoms with Crippen molar-refractivity contribution in [3.63, 3.8) is 0 Å². The predicted octanol–water partition coefficient (Wildman–Crippen LogP) is -0.0757. The van der Waals surface area contributed by atoms with Gasteiger partial charge in [-0.25, -0.2) is 0 Å². The predicted molar refractivity (Wildman–Crippen MR) is 39.7 cm³/mol. The highest BCUT2D eigenvalue weighted by Gasteiger charge is 2.18. The van der Waals surface area contributed by atoms with Crippen LogP contribution in [0.3, 0.4) is 0 Å². The number of nitrogens with two attached hydrogens (primary N) is 1. The first-order chi connectivity index (χ1) is 5.11. The van der Waals surface area contributed by atoms with Crippen LogP contribution < -0.4 is 5.73 Å². The highest BCUT2D eigenvalue weighted by Crippen LogP contribution is 2.10. The molecule has 0 saturated carbocycles. The SMILES string of the molecule is CCC(CC(=O)O)[C@H](N)[C]=O. The van der Waals surface area contributed by atoms with Crippen LogP contribution >= 0.6 is 0 Å². The van der Waals surface area contributed by atoms with Crippen LogP contribution in [-0.4, -0.2) is 23.4 Å². The lowest BCUT2D eigenvalue weighted by atomic mass is 9.95. The summed E-state index contributed by atoms with van der Waals surface area (Å²) in [5.41, 5.74) is 5.29. The lowest BCUT2D eigenvalue weighted by Gasteiger charge is -2.13. The Hall–Kier alpha value is -0.900. The molecule has 0 spiro atoms. The second-order valence-electron chi connectivity index (χ2n) is 2.41. The Kier molecular flexibility index (Phi) is 4.45. The van der Waals surface area contributed by atoms with Crippen LogP contribution in [-0.2, 0) is 9.59 Å². The van der Waals surface area contributed by atoms with Gasteiger partial charge in [0.2, 0.25) is 6.29 Å². The molecule has 4 nitrogen and oxygen atoms in total. The molecule has 1 unspecified atom stereocenters. The Labute approximate surface area is 65.4 Å². The molecule has 0 fully saturated rings. The van der Waals surface area contributed by atoms with Gasteiger partial charge in [0.1, 0.15) is 0 Å². The topological polar surface area (TPSA) is 80.4 Å². The Morgan fingerprint density at radius 3 is 2.55 bits per heavy atom. The zero-order valence-corrected chi connectivity index (χ0v) is 6.41. The second kappa shape index (κ2) is 4.85. The van der Waals surface area contributed by atoms with Crippen molar-refractivity contribution in [3.05, 3.63) is 0 Å². The maximum Gasteiger partial charge on any atom is 0.303 e. The van der Waals surface area contributed by atoms with Crippen molar-refractivity contribution in [1.29, 1.82) is 0 Å². The standard InChI is InChI=1S/C7H12NO3/c1-2-5(3-7(10)11)6(8)4-9/h5-6H,2-3,8H2,1H3,(H,10,11)/t5?,6-/m1/s1. The lowest BCUT2D eigenvalue weighted by Crippen LogP contribution is -2.32. The van der Waals surface area contributed by atoms with Gasteiger partial charge in [-0.05, 0) is 5.92 Å². The Bertz CT molecular complexity index is 147. The maximum absolute atomic E-state index is 10.2. The van der Waals surface area contributed by atoms with Crippen LogP contribution in [0.25, 0.3) is 0 Å². The molecule has 2 atom stereocenters. The monoisotopic (exact) mass is 158 g/mol. The average Bonchev–Trinajstić information content (AvgIpc) is 1.98. The van der Waals surface area contributed by atoms with Crippen LogP contribution in [0.4, 0.5) is 0 Å². The molecule has 0 amide bonds. The minimum atomic E-state index is -0.928. The molecule has 0 saturated heterocycles. The van der Waals surface area contributed by atoms with Gasteiger partial charge in [-0.15, -0.1) is 0 Å². The molecule has 0 heterocycles. The molecule has 3 N–H and O–H groups in total. The molecule has 0 bridgehead atoms. The first-order valence-electron chi connectivity index (χ1n) is 3.46. The van der Waals surface area contributed by atoms with Crippen LogP contribution in [0.1, 0.15) is 19.8 Å². The third-order valence-electron chi connectivity index (χ3n) is 1.61.